The average Bonchev–Trinajstić information content (AvgIpc) is 3.08. The molecule has 1 fully saturated rings. The van der Waals surface area contributed by atoms with Crippen molar-refractivity contribution < 1.29 is 23.4 Å². The molecule has 2 rings (SSSR count). The minimum Gasteiger partial charge on any atom is -0.490 e. The van der Waals surface area contributed by atoms with E-state index in [1.165, 1.54) is 0 Å². The Kier molecular flexibility index (Phi) is 3.79. The SMILES string of the molecule is O=C(O)CCc1cc(F)cc(F)c1OCC1CC1. The van der Waals surface area contributed by atoms with Gasteiger partial charge in [0.15, 0.2) is 11.6 Å². The molecule has 0 heterocycles. The maximum absolute atomic E-state index is 13.6. The smallest absolute Gasteiger partial charge is 0.303 e. The lowest BCUT2D eigenvalue weighted by Crippen LogP contribution is -2.06. The van der Waals surface area contributed by atoms with Crippen molar-refractivity contribution in [3.63, 3.8) is 0 Å². The van der Waals surface area contributed by atoms with E-state index in [0.717, 1.165) is 25.0 Å². The highest BCUT2D eigenvalue weighted by molar-refractivity contribution is 5.67. The van der Waals surface area contributed by atoms with Crippen LogP contribution in [0.4, 0.5) is 8.78 Å². The lowest BCUT2D eigenvalue weighted by Gasteiger charge is -2.12. The van der Waals surface area contributed by atoms with E-state index in [0.29, 0.717) is 12.5 Å². The normalized spacial score (nSPS) is 14.6. The van der Waals surface area contributed by atoms with Crippen molar-refractivity contribution >= 4 is 5.97 Å². The summed E-state index contributed by atoms with van der Waals surface area (Å²) >= 11 is 0. The zero-order chi connectivity index (χ0) is 13.1. The maximum Gasteiger partial charge on any atom is 0.303 e. The van der Waals surface area contributed by atoms with Gasteiger partial charge in [-0.3, -0.25) is 4.79 Å². The van der Waals surface area contributed by atoms with Crippen LogP contribution in [0.3, 0.4) is 0 Å². The Morgan fingerprint density at radius 1 is 1.39 bits per heavy atom. The minimum atomic E-state index is -1.01. The third-order valence-corrected chi connectivity index (χ3v) is 2.85. The molecular weight excluding hydrogens is 242 g/mol. The van der Waals surface area contributed by atoms with E-state index >= 15 is 0 Å². The molecule has 1 N–H and O–H groups in total. The number of benzene rings is 1. The van der Waals surface area contributed by atoms with Gasteiger partial charge in [0.2, 0.25) is 0 Å². The standard InChI is InChI=1S/C13H14F2O3/c14-10-5-9(3-4-12(16)17)13(11(15)6-10)18-7-8-1-2-8/h5-6,8H,1-4,7H2,(H,16,17). The van der Waals surface area contributed by atoms with Crippen molar-refractivity contribution in [2.45, 2.75) is 25.7 Å². The fourth-order valence-corrected chi connectivity index (χ4v) is 1.69. The molecule has 98 valence electrons. The molecule has 1 aromatic rings. The van der Waals surface area contributed by atoms with Crippen LogP contribution in [0.2, 0.25) is 0 Å². The van der Waals surface area contributed by atoms with Crippen LogP contribution in [0.15, 0.2) is 12.1 Å². The topological polar surface area (TPSA) is 46.5 Å². The molecule has 0 spiro atoms. The molecule has 3 nitrogen and oxygen atoms in total. The second-order valence-corrected chi connectivity index (χ2v) is 4.52. The molecule has 0 aromatic heterocycles. The van der Waals surface area contributed by atoms with Gasteiger partial charge in [0, 0.05) is 18.1 Å². The predicted molar refractivity (Wildman–Crippen MR) is 60.5 cm³/mol. The molecule has 1 saturated carbocycles. The lowest BCUT2D eigenvalue weighted by atomic mass is 10.1. The first kappa shape index (κ1) is 12.8. The first-order valence-corrected chi connectivity index (χ1v) is 5.89. The molecule has 18 heavy (non-hydrogen) atoms. The first-order chi connectivity index (χ1) is 8.56. The van der Waals surface area contributed by atoms with Gasteiger partial charge in [-0.05, 0) is 31.2 Å². The number of carbonyl (C=O) groups is 1. The predicted octanol–water partition coefficient (Wildman–Crippen LogP) is 2.77. The Balaban J connectivity index is 2.13. The van der Waals surface area contributed by atoms with Crippen LogP contribution in [-0.4, -0.2) is 17.7 Å². The number of carboxylic acids is 1. The Hall–Kier alpha value is -1.65. The highest BCUT2D eigenvalue weighted by atomic mass is 19.1. The summed E-state index contributed by atoms with van der Waals surface area (Å²) in [7, 11) is 0. The van der Waals surface area contributed by atoms with E-state index in [-0.39, 0.29) is 24.2 Å². The van der Waals surface area contributed by atoms with Crippen LogP contribution in [-0.2, 0) is 11.2 Å². The summed E-state index contributed by atoms with van der Waals surface area (Å²) in [4.78, 5) is 10.5. The summed E-state index contributed by atoms with van der Waals surface area (Å²) in [5.41, 5.74) is 0.274. The number of aliphatic carboxylic acids is 1. The fraction of sp³-hybridized carbons (Fsp3) is 0.462. The molecule has 0 amide bonds. The van der Waals surface area contributed by atoms with Crippen LogP contribution in [0.1, 0.15) is 24.8 Å². The Morgan fingerprint density at radius 2 is 2.11 bits per heavy atom. The van der Waals surface area contributed by atoms with Crippen LogP contribution in [0.5, 0.6) is 5.75 Å². The molecule has 1 aliphatic carbocycles. The van der Waals surface area contributed by atoms with Crippen LogP contribution in [0, 0.1) is 17.6 Å². The third-order valence-electron chi connectivity index (χ3n) is 2.85. The number of carboxylic acid groups (broad SMARTS) is 1. The summed E-state index contributed by atoms with van der Waals surface area (Å²) < 4.78 is 32.0. The molecule has 0 atom stereocenters. The number of hydrogen-bond donors (Lipinski definition) is 1. The van der Waals surface area contributed by atoms with Crippen molar-refractivity contribution in [3.8, 4) is 5.75 Å². The molecular formula is C13H14F2O3. The van der Waals surface area contributed by atoms with E-state index in [1.54, 1.807) is 0 Å². The van der Waals surface area contributed by atoms with Gasteiger partial charge in [-0.25, -0.2) is 8.78 Å². The molecule has 0 aliphatic heterocycles. The number of hydrogen-bond acceptors (Lipinski definition) is 2. The second-order valence-electron chi connectivity index (χ2n) is 4.52. The quantitative estimate of drug-likeness (QED) is 0.851. The zero-order valence-corrected chi connectivity index (χ0v) is 9.79. The van der Waals surface area contributed by atoms with E-state index < -0.39 is 17.6 Å². The monoisotopic (exact) mass is 256 g/mol. The highest BCUT2D eigenvalue weighted by Gasteiger charge is 2.23. The van der Waals surface area contributed by atoms with E-state index in [4.69, 9.17) is 9.84 Å². The van der Waals surface area contributed by atoms with Crippen LogP contribution in [0.25, 0.3) is 0 Å². The minimum absolute atomic E-state index is 0.00968. The van der Waals surface area contributed by atoms with Gasteiger partial charge in [-0.15, -0.1) is 0 Å². The summed E-state index contributed by atoms with van der Waals surface area (Å²) in [6.45, 7) is 0.405. The van der Waals surface area contributed by atoms with E-state index in [9.17, 15) is 13.6 Å². The largest absolute Gasteiger partial charge is 0.490 e. The van der Waals surface area contributed by atoms with Gasteiger partial charge in [0.05, 0.1) is 6.61 Å². The average molecular weight is 256 g/mol. The molecule has 0 bridgehead atoms. The fourth-order valence-electron chi connectivity index (χ4n) is 1.69. The molecule has 1 aromatic carbocycles. The maximum atomic E-state index is 13.6. The van der Waals surface area contributed by atoms with Crippen molar-refractivity contribution in [1.29, 1.82) is 0 Å². The summed E-state index contributed by atoms with van der Waals surface area (Å²) in [6, 6.07) is 1.89. The molecule has 0 unspecified atom stereocenters. The van der Waals surface area contributed by atoms with E-state index in [2.05, 4.69) is 0 Å². The number of halogens is 2. The van der Waals surface area contributed by atoms with Gasteiger partial charge < -0.3 is 9.84 Å². The van der Waals surface area contributed by atoms with Crippen molar-refractivity contribution in [2.75, 3.05) is 6.61 Å². The zero-order valence-electron chi connectivity index (χ0n) is 9.79. The highest BCUT2D eigenvalue weighted by Crippen LogP contribution is 2.32. The summed E-state index contributed by atoms with van der Waals surface area (Å²) in [5, 5.41) is 8.60. The number of aryl methyl sites for hydroxylation is 1. The molecule has 0 saturated heterocycles. The van der Waals surface area contributed by atoms with Gasteiger partial charge in [-0.2, -0.15) is 0 Å². The van der Waals surface area contributed by atoms with Crippen molar-refractivity contribution in [2.24, 2.45) is 5.92 Å². The lowest BCUT2D eigenvalue weighted by molar-refractivity contribution is -0.136. The van der Waals surface area contributed by atoms with Crippen molar-refractivity contribution in [3.05, 3.63) is 29.3 Å². The Morgan fingerprint density at radius 3 is 2.72 bits per heavy atom. The Bertz CT molecular complexity index is 456. The van der Waals surface area contributed by atoms with Gasteiger partial charge >= 0.3 is 5.97 Å². The summed E-state index contributed by atoms with van der Waals surface area (Å²) in [5.74, 6) is -2.05. The van der Waals surface area contributed by atoms with Crippen LogP contribution >= 0.6 is 0 Å². The van der Waals surface area contributed by atoms with Gasteiger partial charge in [0.25, 0.3) is 0 Å². The van der Waals surface area contributed by atoms with E-state index in [1.807, 2.05) is 0 Å². The second kappa shape index (κ2) is 5.33. The van der Waals surface area contributed by atoms with Crippen molar-refractivity contribution in [1.82, 2.24) is 0 Å². The molecule has 0 radical (unpaired) electrons. The summed E-state index contributed by atoms with van der Waals surface area (Å²) in [6.07, 6.45) is 2.01. The van der Waals surface area contributed by atoms with Crippen LogP contribution < -0.4 is 4.74 Å². The number of ether oxygens (including phenoxy) is 1. The first-order valence-electron chi connectivity index (χ1n) is 5.89. The molecule has 5 heteroatoms. The third kappa shape index (κ3) is 3.42. The molecule has 1 aliphatic rings. The number of rotatable bonds is 6. The van der Waals surface area contributed by atoms with Gasteiger partial charge in [-0.1, -0.05) is 0 Å². The van der Waals surface area contributed by atoms with Gasteiger partial charge in [0.1, 0.15) is 5.82 Å². The Labute approximate surface area is 103 Å².